The van der Waals surface area contributed by atoms with E-state index in [1.54, 1.807) is 0 Å². The lowest BCUT2D eigenvalue weighted by atomic mass is 10.1. The summed E-state index contributed by atoms with van der Waals surface area (Å²) in [5.41, 5.74) is 1.98. The smallest absolute Gasteiger partial charge is 0.135 e. The number of nitrogens with zero attached hydrogens (tertiary/aromatic N) is 2. The second-order valence-electron chi connectivity index (χ2n) is 4.91. The van der Waals surface area contributed by atoms with Crippen molar-refractivity contribution < 1.29 is 5.11 Å². The summed E-state index contributed by atoms with van der Waals surface area (Å²) in [4.78, 5) is 8.86. The Bertz CT molecular complexity index is 586. The number of benzene rings is 1. The third kappa shape index (κ3) is 3.70. The minimum Gasteiger partial charge on any atom is -0.394 e. The average Bonchev–Trinajstić information content (AvgIpc) is 2.50. The molecule has 0 saturated carbocycles. The lowest BCUT2D eigenvalue weighted by Crippen LogP contribution is -2.18. The van der Waals surface area contributed by atoms with Crippen molar-refractivity contribution in [2.45, 2.75) is 26.8 Å². The zero-order chi connectivity index (χ0) is 15.2. The second-order valence-corrected chi connectivity index (χ2v) is 4.91. The first-order valence-corrected chi connectivity index (χ1v) is 7.17. The number of hydrogen-bond donors (Lipinski definition) is 3. The molecule has 5 nitrogen and oxygen atoms in total. The highest BCUT2D eigenvalue weighted by atomic mass is 16.3. The SMILES string of the molecule is CCNc1nc(C)nc(NC(CO)c2ccccc2)c1C. The van der Waals surface area contributed by atoms with Crippen molar-refractivity contribution in [1.29, 1.82) is 0 Å². The van der Waals surface area contributed by atoms with Gasteiger partial charge in [-0.15, -0.1) is 0 Å². The van der Waals surface area contributed by atoms with E-state index in [2.05, 4.69) is 20.6 Å². The molecule has 3 N–H and O–H groups in total. The lowest BCUT2D eigenvalue weighted by molar-refractivity contribution is 0.276. The van der Waals surface area contributed by atoms with E-state index >= 15 is 0 Å². The van der Waals surface area contributed by atoms with E-state index in [0.717, 1.165) is 29.3 Å². The summed E-state index contributed by atoms with van der Waals surface area (Å²) in [7, 11) is 0. The Labute approximate surface area is 125 Å². The Morgan fingerprint density at radius 2 is 1.76 bits per heavy atom. The van der Waals surface area contributed by atoms with Crippen LogP contribution in [0.15, 0.2) is 30.3 Å². The van der Waals surface area contributed by atoms with Crippen LogP contribution in [0, 0.1) is 13.8 Å². The highest BCUT2D eigenvalue weighted by Gasteiger charge is 2.14. The minimum absolute atomic E-state index is 0.00302. The van der Waals surface area contributed by atoms with Gasteiger partial charge in [0.25, 0.3) is 0 Å². The van der Waals surface area contributed by atoms with Gasteiger partial charge < -0.3 is 15.7 Å². The average molecular weight is 286 g/mol. The van der Waals surface area contributed by atoms with Crippen LogP contribution in [-0.2, 0) is 0 Å². The standard InChI is InChI=1S/C16H22N4O/c1-4-17-15-11(2)16(19-12(3)18-15)20-14(10-21)13-8-6-5-7-9-13/h5-9,14,21H,4,10H2,1-3H3,(H2,17,18,19,20). The van der Waals surface area contributed by atoms with Crippen molar-refractivity contribution in [3.63, 3.8) is 0 Å². The molecular formula is C16H22N4O. The number of aromatic nitrogens is 2. The zero-order valence-corrected chi connectivity index (χ0v) is 12.7. The van der Waals surface area contributed by atoms with Crippen LogP contribution in [0.4, 0.5) is 11.6 Å². The van der Waals surface area contributed by atoms with Gasteiger partial charge in [0.2, 0.25) is 0 Å². The van der Waals surface area contributed by atoms with Crippen LogP contribution >= 0.6 is 0 Å². The normalized spacial score (nSPS) is 12.0. The van der Waals surface area contributed by atoms with E-state index in [1.165, 1.54) is 0 Å². The predicted molar refractivity (Wildman–Crippen MR) is 85.6 cm³/mol. The van der Waals surface area contributed by atoms with Crippen molar-refractivity contribution in [3.8, 4) is 0 Å². The van der Waals surface area contributed by atoms with E-state index in [1.807, 2.05) is 51.1 Å². The fraction of sp³-hybridized carbons (Fsp3) is 0.375. The zero-order valence-electron chi connectivity index (χ0n) is 12.7. The summed E-state index contributed by atoms with van der Waals surface area (Å²) < 4.78 is 0. The molecule has 0 radical (unpaired) electrons. The minimum atomic E-state index is -0.186. The Hall–Kier alpha value is -2.14. The third-order valence-corrected chi connectivity index (χ3v) is 3.30. The molecule has 1 heterocycles. The molecule has 0 fully saturated rings. The molecule has 1 aromatic heterocycles. The fourth-order valence-electron chi connectivity index (χ4n) is 2.19. The van der Waals surface area contributed by atoms with Crippen LogP contribution in [0.2, 0.25) is 0 Å². The highest BCUT2D eigenvalue weighted by Crippen LogP contribution is 2.24. The third-order valence-electron chi connectivity index (χ3n) is 3.30. The molecular weight excluding hydrogens is 264 g/mol. The number of aryl methyl sites for hydroxylation is 1. The van der Waals surface area contributed by atoms with E-state index in [4.69, 9.17) is 0 Å². The largest absolute Gasteiger partial charge is 0.394 e. The molecule has 2 aromatic rings. The van der Waals surface area contributed by atoms with Gasteiger partial charge >= 0.3 is 0 Å². The van der Waals surface area contributed by atoms with Crippen LogP contribution < -0.4 is 10.6 Å². The molecule has 2 rings (SSSR count). The number of aliphatic hydroxyl groups excluding tert-OH is 1. The molecule has 0 amide bonds. The highest BCUT2D eigenvalue weighted by molar-refractivity contribution is 5.58. The molecule has 112 valence electrons. The van der Waals surface area contributed by atoms with Gasteiger partial charge in [0.1, 0.15) is 17.5 Å². The van der Waals surface area contributed by atoms with Gasteiger partial charge in [0.05, 0.1) is 12.6 Å². The van der Waals surface area contributed by atoms with Gasteiger partial charge in [-0.25, -0.2) is 9.97 Å². The first-order valence-electron chi connectivity index (χ1n) is 7.17. The Kier molecular flexibility index (Phi) is 5.11. The number of anilines is 2. The Balaban J connectivity index is 2.29. The molecule has 1 unspecified atom stereocenters. The van der Waals surface area contributed by atoms with E-state index in [-0.39, 0.29) is 12.6 Å². The summed E-state index contributed by atoms with van der Waals surface area (Å²) in [5, 5.41) is 16.2. The van der Waals surface area contributed by atoms with Crippen LogP contribution in [-0.4, -0.2) is 28.2 Å². The first-order chi connectivity index (χ1) is 10.2. The van der Waals surface area contributed by atoms with Crippen molar-refractivity contribution >= 4 is 11.6 Å². The van der Waals surface area contributed by atoms with E-state index < -0.39 is 0 Å². The monoisotopic (exact) mass is 286 g/mol. The molecule has 0 aliphatic carbocycles. The maximum Gasteiger partial charge on any atom is 0.135 e. The van der Waals surface area contributed by atoms with Crippen LogP contribution in [0.5, 0.6) is 0 Å². The maximum absolute atomic E-state index is 9.65. The second kappa shape index (κ2) is 7.04. The Morgan fingerprint density at radius 3 is 2.38 bits per heavy atom. The molecule has 0 saturated heterocycles. The number of nitrogens with one attached hydrogen (secondary N) is 2. The van der Waals surface area contributed by atoms with Crippen LogP contribution in [0.25, 0.3) is 0 Å². The summed E-state index contributed by atoms with van der Waals surface area (Å²) in [6.07, 6.45) is 0. The number of rotatable bonds is 6. The van der Waals surface area contributed by atoms with Gasteiger partial charge in [-0.3, -0.25) is 0 Å². The van der Waals surface area contributed by atoms with Crippen molar-refractivity contribution in [3.05, 3.63) is 47.3 Å². The summed E-state index contributed by atoms with van der Waals surface area (Å²) >= 11 is 0. The Morgan fingerprint density at radius 1 is 1.10 bits per heavy atom. The van der Waals surface area contributed by atoms with Crippen LogP contribution in [0.3, 0.4) is 0 Å². The summed E-state index contributed by atoms with van der Waals surface area (Å²) in [6, 6.07) is 9.67. The topological polar surface area (TPSA) is 70.1 Å². The predicted octanol–water partition coefficient (Wildman–Crippen LogP) is 2.67. The molecule has 0 aliphatic heterocycles. The maximum atomic E-state index is 9.65. The molecule has 1 aromatic carbocycles. The summed E-state index contributed by atoms with van der Waals surface area (Å²) in [5.74, 6) is 2.28. The van der Waals surface area contributed by atoms with Gasteiger partial charge in [0.15, 0.2) is 0 Å². The molecule has 0 bridgehead atoms. The quantitative estimate of drug-likeness (QED) is 0.761. The first kappa shape index (κ1) is 15.3. The number of hydrogen-bond acceptors (Lipinski definition) is 5. The molecule has 21 heavy (non-hydrogen) atoms. The van der Waals surface area contributed by atoms with Crippen molar-refractivity contribution in [1.82, 2.24) is 9.97 Å². The fourth-order valence-corrected chi connectivity index (χ4v) is 2.19. The van der Waals surface area contributed by atoms with Gasteiger partial charge in [-0.2, -0.15) is 0 Å². The lowest BCUT2D eigenvalue weighted by Gasteiger charge is -2.20. The van der Waals surface area contributed by atoms with Crippen LogP contribution in [0.1, 0.15) is 29.9 Å². The molecule has 0 spiro atoms. The van der Waals surface area contributed by atoms with E-state index in [9.17, 15) is 5.11 Å². The van der Waals surface area contributed by atoms with Gasteiger partial charge in [-0.05, 0) is 26.3 Å². The van der Waals surface area contributed by atoms with Gasteiger partial charge in [-0.1, -0.05) is 30.3 Å². The summed E-state index contributed by atoms with van der Waals surface area (Å²) in [6.45, 7) is 6.67. The molecule has 1 atom stereocenters. The molecule has 0 aliphatic rings. The van der Waals surface area contributed by atoms with E-state index in [0.29, 0.717) is 5.82 Å². The van der Waals surface area contributed by atoms with Gasteiger partial charge in [0, 0.05) is 12.1 Å². The van der Waals surface area contributed by atoms with Crippen molar-refractivity contribution in [2.75, 3.05) is 23.8 Å². The molecule has 5 heteroatoms. The van der Waals surface area contributed by atoms with Crippen molar-refractivity contribution in [2.24, 2.45) is 0 Å². The number of aliphatic hydroxyl groups is 1.